The lowest BCUT2D eigenvalue weighted by Gasteiger charge is -2.43. The third kappa shape index (κ3) is 4.75. The quantitative estimate of drug-likeness (QED) is 0.473. The molecule has 1 fully saturated rings. The second kappa shape index (κ2) is 10.2. The van der Waals surface area contributed by atoms with Crippen LogP contribution in [-0.2, 0) is 26.4 Å². The number of halogens is 1. The number of ketones is 1. The summed E-state index contributed by atoms with van der Waals surface area (Å²) in [6, 6.07) is 15.9. The average Bonchev–Trinajstić information content (AvgIpc) is 3.36. The molecule has 1 heterocycles. The predicted molar refractivity (Wildman–Crippen MR) is 127 cm³/mol. The van der Waals surface area contributed by atoms with Crippen LogP contribution in [0.4, 0.5) is 0 Å². The van der Waals surface area contributed by atoms with Gasteiger partial charge in [0.2, 0.25) is 0 Å². The fourth-order valence-corrected chi connectivity index (χ4v) is 4.77. The van der Waals surface area contributed by atoms with Crippen molar-refractivity contribution >= 4 is 29.3 Å². The fourth-order valence-electron chi connectivity index (χ4n) is 4.48. The first-order valence-electron chi connectivity index (χ1n) is 11.2. The van der Waals surface area contributed by atoms with Crippen LogP contribution in [0, 0.1) is 0 Å². The minimum Gasteiger partial charge on any atom is -0.452 e. The standard InChI is InChI=1S/C26H26ClN3O4/c1-29(26(14-5-4-9-23(26)31)21-7-2-3-8-22(21)27)24(32)18-34-25(33)20-12-10-19(11-13-20)17-30-16-6-15-28-30/h2-3,6-8,10-13,15-16H,4-5,9,14,17-18H2,1H3. The van der Waals surface area contributed by atoms with Crippen molar-refractivity contribution in [3.05, 3.63) is 88.7 Å². The first-order chi connectivity index (χ1) is 16.4. The van der Waals surface area contributed by atoms with Crippen molar-refractivity contribution in [2.24, 2.45) is 0 Å². The third-order valence-electron chi connectivity index (χ3n) is 6.34. The summed E-state index contributed by atoms with van der Waals surface area (Å²) in [6.07, 6.45) is 5.97. The summed E-state index contributed by atoms with van der Waals surface area (Å²) in [6.45, 7) is 0.119. The normalized spacial score (nSPS) is 17.9. The largest absolute Gasteiger partial charge is 0.452 e. The molecule has 1 unspecified atom stereocenters. The highest BCUT2D eigenvalue weighted by molar-refractivity contribution is 6.31. The highest BCUT2D eigenvalue weighted by Gasteiger charge is 2.48. The van der Waals surface area contributed by atoms with Crippen LogP contribution in [0.5, 0.6) is 0 Å². The number of carbonyl (C=O) groups is 3. The molecule has 0 saturated heterocycles. The van der Waals surface area contributed by atoms with E-state index in [1.165, 1.54) is 4.90 Å². The molecule has 0 bridgehead atoms. The van der Waals surface area contributed by atoms with E-state index in [0.717, 1.165) is 18.4 Å². The van der Waals surface area contributed by atoms with Crippen LogP contribution < -0.4 is 0 Å². The van der Waals surface area contributed by atoms with Crippen molar-refractivity contribution in [3.63, 3.8) is 0 Å². The van der Waals surface area contributed by atoms with Gasteiger partial charge >= 0.3 is 5.97 Å². The lowest BCUT2D eigenvalue weighted by atomic mass is 9.74. The Kier molecular flexibility index (Phi) is 7.12. The van der Waals surface area contributed by atoms with E-state index in [1.807, 2.05) is 24.4 Å². The summed E-state index contributed by atoms with van der Waals surface area (Å²) in [4.78, 5) is 40.2. The van der Waals surface area contributed by atoms with Crippen LogP contribution in [0.25, 0.3) is 0 Å². The zero-order valence-corrected chi connectivity index (χ0v) is 19.7. The number of nitrogens with zero attached hydrogens (tertiary/aromatic N) is 3. The highest BCUT2D eigenvalue weighted by Crippen LogP contribution is 2.42. The molecule has 3 aromatic rings. The highest BCUT2D eigenvalue weighted by atomic mass is 35.5. The SMILES string of the molecule is CN(C(=O)COC(=O)c1ccc(Cn2cccn2)cc1)C1(c2ccccc2Cl)CCCCC1=O. The molecule has 2 aromatic carbocycles. The Morgan fingerprint density at radius 2 is 1.88 bits per heavy atom. The first-order valence-corrected chi connectivity index (χ1v) is 11.6. The van der Waals surface area contributed by atoms with E-state index in [1.54, 1.807) is 54.3 Å². The number of rotatable bonds is 7. The zero-order valence-electron chi connectivity index (χ0n) is 18.9. The van der Waals surface area contributed by atoms with E-state index >= 15 is 0 Å². The lowest BCUT2D eigenvalue weighted by Crippen LogP contribution is -2.55. The minimum absolute atomic E-state index is 0.0539. The average molecular weight is 480 g/mol. The molecule has 1 aliphatic carbocycles. The van der Waals surface area contributed by atoms with Gasteiger partial charge in [-0.15, -0.1) is 0 Å². The number of Topliss-reactive ketones (excluding diaryl/α,β-unsaturated/α-hetero) is 1. The van der Waals surface area contributed by atoms with Crippen LogP contribution in [0.2, 0.25) is 5.02 Å². The molecule has 1 aliphatic rings. The van der Waals surface area contributed by atoms with Gasteiger partial charge in [-0.2, -0.15) is 5.10 Å². The van der Waals surface area contributed by atoms with E-state index < -0.39 is 24.0 Å². The summed E-state index contributed by atoms with van der Waals surface area (Å²) >= 11 is 6.45. The number of hydrogen-bond donors (Lipinski definition) is 0. The number of likely N-dealkylation sites (N-methyl/N-ethyl adjacent to an activating group) is 1. The molecule has 0 spiro atoms. The molecular weight excluding hydrogens is 454 g/mol. The van der Waals surface area contributed by atoms with Crippen molar-refractivity contribution in [3.8, 4) is 0 Å². The maximum absolute atomic E-state index is 13.2. The molecule has 1 saturated carbocycles. The molecule has 1 amide bonds. The minimum atomic E-state index is -1.16. The van der Waals surface area contributed by atoms with Crippen molar-refractivity contribution in [2.45, 2.75) is 37.8 Å². The second-order valence-electron chi connectivity index (χ2n) is 8.40. The fraction of sp³-hybridized carbons (Fsp3) is 0.308. The molecule has 0 aliphatic heterocycles. The van der Waals surface area contributed by atoms with E-state index in [-0.39, 0.29) is 5.78 Å². The number of hydrogen-bond acceptors (Lipinski definition) is 5. The summed E-state index contributed by atoms with van der Waals surface area (Å²) < 4.78 is 7.08. The smallest absolute Gasteiger partial charge is 0.338 e. The molecule has 0 radical (unpaired) electrons. The van der Waals surface area contributed by atoms with Gasteiger partial charge < -0.3 is 9.64 Å². The molecular formula is C26H26ClN3O4. The van der Waals surface area contributed by atoms with E-state index in [9.17, 15) is 14.4 Å². The van der Waals surface area contributed by atoms with E-state index in [2.05, 4.69) is 5.10 Å². The molecule has 0 N–H and O–H groups in total. The van der Waals surface area contributed by atoms with Gasteiger partial charge in [0.1, 0.15) is 5.54 Å². The van der Waals surface area contributed by atoms with Crippen LogP contribution >= 0.6 is 11.6 Å². The molecule has 8 heteroatoms. The molecule has 1 atom stereocenters. The van der Waals surface area contributed by atoms with Gasteiger partial charge in [-0.1, -0.05) is 41.9 Å². The number of carbonyl (C=O) groups excluding carboxylic acids is 3. The van der Waals surface area contributed by atoms with Crippen LogP contribution in [0.1, 0.15) is 47.2 Å². The van der Waals surface area contributed by atoms with E-state index in [4.69, 9.17) is 16.3 Å². The first kappa shape index (κ1) is 23.7. The van der Waals surface area contributed by atoms with Crippen molar-refractivity contribution in [1.82, 2.24) is 14.7 Å². The number of ether oxygens (including phenoxy) is 1. The molecule has 176 valence electrons. The van der Waals surface area contributed by atoms with Crippen LogP contribution in [0.15, 0.2) is 67.0 Å². The second-order valence-corrected chi connectivity index (χ2v) is 8.81. The van der Waals surface area contributed by atoms with E-state index in [0.29, 0.717) is 35.5 Å². The topological polar surface area (TPSA) is 81.5 Å². The number of benzene rings is 2. The summed E-state index contributed by atoms with van der Waals surface area (Å²) in [7, 11) is 1.58. The summed E-state index contributed by atoms with van der Waals surface area (Å²) in [5, 5.41) is 4.60. The van der Waals surface area contributed by atoms with Crippen molar-refractivity contribution in [1.29, 1.82) is 0 Å². The maximum Gasteiger partial charge on any atom is 0.338 e. The van der Waals surface area contributed by atoms with Gasteiger partial charge in [-0.25, -0.2) is 4.79 Å². The monoisotopic (exact) mass is 479 g/mol. The summed E-state index contributed by atoms with van der Waals surface area (Å²) in [5.41, 5.74) is 0.771. The molecule has 4 rings (SSSR count). The van der Waals surface area contributed by atoms with Gasteiger partial charge in [0.25, 0.3) is 5.91 Å². The number of esters is 1. The zero-order chi connectivity index (χ0) is 24.1. The van der Waals surface area contributed by atoms with Crippen LogP contribution in [-0.4, -0.2) is 46.0 Å². The Bertz CT molecular complexity index is 1180. The Morgan fingerprint density at radius 1 is 1.12 bits per heavy atom. The van der Waals surface area contributed by atoms with Gasteiger partial charge in [0, 0.05) is 36.4 Å². The Morgan fingerprint density at radius 3 is 2.56 bits per heavy atom. The number of aromatic nitrogens is 2. The molecule has 7 nitrogen and oxygen atoms in total. The lowest BCUT2D eigenvalue weighted by molar-refractivity contribution is -0.150. The van der Waals surface area contributed by atoms with Crippen molar-refractivity contribution in [2.75, 3.05) is 13.7 Å². The maximum atomic E-state index is 13.2. The van der Waals surface area contributed by atoms with Crippen LogP contribution in [0.3, 0.4) is 0 Å². The van der Waals surface area contributed by atoms with Gasteiger partial charge in [0.15, 0.2) is 12.4 Å². The Labute approximate surface area is 203 Å². The van der Waals surface area contributed by atoms with Gasteiger partial charge in [0.05, 0.1) is 12.1 Å². The molecule has 34 heavy (non-hydrogen) atoms. The number of amides is 1. The third-order valence-corrected chi connectivity index (χ3v) is 6.67. The van der Waals surface area contributed by atoms with Gasteiger partial charge in [-0.05, 0) is 49.1 Å². The Balaban J connectivity index is 1.44. The molecule has 1 aromatic heterocycles. The van der Waals surface area contributed by atoms with Crippen molar-refractivity contribution < 1.29 is 19.1 Å². The summed E-state index contributed by atoms with van der Waals surface area (Å²) in [5.74, 6) is -1.12. The predicted octanol–water partition coefficient (Wildman–Crippen LogP) is 4.24. The van der Waals surface area contributed by atoms with Gasteiger partial charge in [-0.3, -0.25) is 14.3 Å². The Hall–Kier alpha value is -3.45.